The van der Waals surface area contributed by atoms with Crippen LogP contribution in [0.1, 0.15) is 45.4 Å². The predicted molar refractivity (Wildman–Crippen MR) is 66.2 cm³/mol. The molecule has 0 heterocycles. The van der Waals surface area contributed by atoms with Crippen LogP contribution in [0.15, 0.2) is 0 Å². The minimum absolute atomic E-state index is 0. The fourth-order valence-electron chi connectivity index (χ4n) is 1.34. The molecule has 0 amide bonds. The van der Waals surface area contributed by atoms with Crippen molar-refractivity contribution >= 4 is 7.60 Å². The van der Waals surface area contributed by atoms with E-state index in [0.29, 0.717) is 19.4 Å². The Morgan fingerprint density at radius 1 is 1.29 bits per heavy atom. The van der Waals surface area contributed by atoms with E-state index in [2.05, 4.69) is 0 Å². The molecule has 0 saturated carbocycles. The molecule has 5 N–H and O–H groups in total. The third-order valence-corrected chi connectivity index (χ3v) is 3.77. The van der Waals surface area contributed by atoms with Gasteiger partial charge in [-0.15, -0.1) is 0 Å². The molecule has 2 unspecified atom stereocenters. The number of hydrogen-bond donors (Lipinski definition) is 3. The van der Waals surface area contributed by atoms with E-state index in [1.54, 1.807) is 0 Å². The van der Waals surface area contributed by atoms with Gasteiger partial charge in [-0.05, 0) is 32.2 Å². The van der Waals surface area contributed by atoms with Crippen molar-refractivity contribution in [3.05, 3.63) is 0 Å². The van der Waals surface area contributed by atoms with Gasteiger partial charge in [0.05, 0.1) is 6.16 Å². The molecule has 0 aliphatic heterocycles. The largest absolute Gasteiger partial charge is 0.330 e. The first-order valence-electron chi connectivity index (χ1n) is 5.97. The Bertz CT molecular complexity index is 220. The van der Waals surface area contributed by atoms with Crippen LogP contribution in [0.4, 0.5) is 0 Å². The molecule has 2 atom stereocenters. The second-order valence-electron chi connectivity index (χ2n) is 4.00. The van der Waals surface area contributed by atoms with Gasteiger partial charge >= 0.3 is 7.60 Å². The Balaban J connectivity index is 0. The summed E-state index contributed by atoms with van der Waals surface area (Å²) in [5.41, 5.74) is 11.0. The molecule has 0 aromatic carbocycles. The van der Waals surface area contributed by atoms with Gasteiger partial charge in [0.1, 0.15) is 6.23 Å². The Morgan fingerprint density at radius 3 is 2.47 bits per heavy atom. The van der Waals surface area contributed by atoms with E-state index in [-0.39, 0.29) is 47.9 Å². The minimum Gasteiger partial charge on any atom is -0.330 e. The number of nitrogens with two attached hydrogens (primary N) is 2. The molecule has 0 spiro atoms. The van der Waals surface area contributed by atoms with Crippen LogP contribution in [0.2, 0.25) is 0 Å². The number of unbranched alkanes of at least 4 members (excludes halogenated alkanes) is 3. The topological polar surface area (TPSA) is 98.6 Å². The molecule has 0 aromatic rings. The van der Waals surface area contributed by atoms with Crippen LogP contribution in [0, 0.1) is 41.7 Å². The van der Waals surface area contributed by atoms with E-state index >= 15 is 0 Å². The molecule has 0 aliphatic carbocycles. The van der Waals surface area contributed by atoms with E-state index in [4.69, 9.17) is 16.0 Å². The number of hydrogen-bond acceptors (Lipinski definition) is 4. The van der Waals surface area contributed by atoms with E-state index in [1.807, 2.05) is 6.92 Å². The van der Waals surface area contributed by atoms with Crippen LogP contribution in [-0.4, -0.2) is 23.8 Å². The summed E-state index contributed by atoms with van der Waals surface area (Å²) in [5.74, 6) is 0. The van der Waals surface area contributed by atoms with Gasteiger partial charge < -0.3 is 16.4 Å². The molecule has 0 bridgehead atoms. The Morgan fingerprint density at radius 2 is 1.94 bits per heavy atom. The van der Waals surface area contributed by atoms with Gasteiger partial charge in [-0.25, -0.2) is 0 Å². The second kappa shape index (κ2) is 12.5. The smallest absolute Gasteiger partial charge is 0.329 e. The maximum atomic E-state index is 11.5. The molecule has 0 radical (unpaired) electrons. The zero-order valence-electron chi connectivity index (χ0n) is 10.6. The molecule has 17 heavy (non-hydrogen) atoms. The molecule has 0 rings (SSSR count). The van der Waals surface area contributed by atoms with Crippen molar-refractivity contribution in [3.8, 4) is 0 Å². The van der Waals surface area contributed by atoms with E-state index in [9.17, 15) is 9.46 Å². The first kappa shape index (κ1) is 20.8. The first-order valence-corrected chi connectivity index (χ1v) is 7.74. The van der Waals surface area contributed by atoms with Gasteiger partial charge in [0.15, 0.2) is 0 Å². The summed E-state index contributed by atoms with van der Waals surface area (Å²) in [4.78, 5) is 9.45. The molecule has 5 nitrogen and oxygen atoms in total. The quantitative estimate of drug-likeness (QED) is 0.299. The third-order valence-electron chi connectivity index (χ3n) is 2.29. The molecule has 0 aliphatic rings. The van der Waals surface area contributed by atoms with Gasteiger partial charge in [-0.3, -0.25) is 9.09 Å². The maximum Gasteiger partial charge on any atom is 0.329 e. The van der Waals surface area contributed by atoms with Crippen molar-refractivity contribution < 1.29 is 55.7 Å². The van der Waals surface area contributed by atoms with Gasteiger partial charge in [0, 0.05) is 41.7 Å². The second-order valence-corrected chi connectivity index (χ2v) is 5.93. The zero-order valence-corrected chi connectivity index (χ0v) is 14.6. The summed E-state index contributed by atoms with van der Waals surface area (Å²) >= 11 is 0. The predicted octanol–water partition coefficient (Wildman–Crippen LogP) is 1.79. The summed E-state index contributed by atoms with van der Waals surface area (Å²) in [5, 5.41) is 0. The Kier molecular flexibility index (Phi) is 15.2. The monoisotopic (exact) mass is 392 g/mol. The van der Waals surface area contributed by atoms with Gasteiger partial charge in [-0.2, -0.15) is 0 Å². The summed E-state index contributed by atoms with van der Waals surface area (Å²) in [7, 11) is -3.47. The maximum absolute atomic E-state index is 11.5. The minimum atomic E-state index is -3.47. The van der Waals surface area contributed by atoms with Crippen molar-refractivity contribution in [1.82, 2.24) is 0 Å². The van der Waals surface area contributed by atoms with Crippen molar-refractivity contribution in [2.75, 3.05) is 12.7 Å². The normalized spacial score (nSPS) is 16.0. The molecule has 0 fully saturated rings. The molecule has 7 heteroatoms. The van der Waals surface area contributed by atoms with Crippen LogP contribution < -0.4 is 11.5 Å². The fourth-order valence-corrected chi connectivity index (χ4v) is 2.69. The van der Waals surface area contributed by atoms with Crippen LogP contribution in [-0.2, 0) is 9.09 Å². The van der Waals surface area contributed by atoms with Crippen molar-refractivity contribution in [1.29, 1.82) is 0 Å². The molecular formula is C10H25CeN2O3P. The van der Waals surface area contributed by atoms with Gasteiger partial charge in [-0.1, -0.05) is 19.8 Å². The van der Waals surface area contributed by atoms with Gasteiger partial charge in [0.25, 0.3) is 0 Å². The van der Waals surface area contributed by atoms with E-state index in [1.165, 1.54) is 0 Å². The standard InChI is InChI=1S/C10H25N2O3P.Ce/c1-2-3-9-16(13,14)15-10(12)7-5-4-6-8-11;/h10H,2-9,11-12H2,1H3,(H,13,14);. The molecule has 0 saturated heterocycles. The Hall–Kier alpha value is 1.45. The van der Waals surface area contributed by atoms with Crippen molar-refractivity contribution in [3.63, 3.8) is 0 Å². The van der Waals surface area contributed by atoms with Gasteiger partial charge in [0.2, 0.25) is 0 Å². The molecule has 102 valence electrons. The summed E-state index contributed by atoms with van der Waals surface area (Å²) < 4.78 is 16.5. The van der Waals surface area contributed by atoms with Crippen molar-refractivity contribution in [2.24, 2.45) is 11.5 Å². The summed E-state index contributed by atoms with van der Waals surface area (Å²) in [6, 6.07) is 0. The van der Waals surface area contributed by atoms with Crippen LogP contribution in [0.3, 0.4) is 0 Å². The van der Waals surface area contributed by atoms with Crippen LogP contribution >= 0.6 is 7.60 Å². The first-order chi connectivity index (χ1) is 7.52. The summed E-state index contributed by atoms with van der Waals surface area (Å²) in [6.07, 6.45) is 4.55. The zero-order chi connectivity index (χ0) is 12.4. The Labute approximate surface area is 138 Å². The van der Waals surface area contributed by atoms with Crippen LogP contribution in [0.5, 0.6) is 0 Å². The number of rotatable bonds is 10. The fraction of sp³-hybridized carbons (Fsp3) is 1.00. The summed E-state index contributed by atoms with van der Waals surface area (Å²) in [6.45, 7) is 2.64. The molecule has 0 aromatic heterocycles. The molecular weight excluding hydrogens is 367 g/mol. The van der Waals surface area contributed by atoms with E-state index in [0.717, 1.165) is 25.7 Å². The average Bonchev–Trinajstić information content (AvgIpc) is 2.21. The SMILES string of the molecule is CCCCP(=O)(O)OC(N)CCCCCN.[Ce]. The third kappa shape index (κ3) is 13.7. The van der Waals surface area contributed by atoms with E-state index < -0.39 is 13.8 Å². The van der Waals surface area contributed by atoms with Crippen LogP contribution in [0.25, 0.3) is 0 Å². The average molecular weight is 392 g/mol. The van der Waals surface area contributed by atoms with Crippen molar-refractivity contribution in [2.45, 2.75) is 51.7 Å².